The van der Waals surface area contributed by atoms with E-state index in [0.29, 0.717) is 11.0 Å². The van der Waals surface area contributed by atoms with Crippen molar-refractivity contribution in [3.05, 3.63) is 59.2 Å². The number of alkyl halides is 3. The van der Waals surface area contributed by atoms with Gasteiger partial charge in [0, 0.05) is 6.42 Å². The monoisotopic (exact) mass is 462 g/mol. The molecular weight excluding hydrogens is 445 g/mol. The van der Waals surface area contributed by atoms with Crippen LogP contribution in [0.3, 0.4) is 0 Å². The summed E-state index contributed by atoms with van der Waals surface area (Å²) in [4.78, 5) is 49.4. The number of urea groups is 1. The first-order valence-corrected chi connectivity index (χ1v) is 9.52. The Bertz CT molecular complexity index is 1170. The summed E-state index contributed by atoms with van der Waals surface area (Å²) in [5.74, 6) is -2.37. The highest BCUT2D eigenvalue weighted by Gasteiger charge is 2.38. The van der Waals surface area contributed by atoms with Gasteiger partial charge in [0.2, 0.25) is 0 Å². The third-order valence-electron chi connectivity index (χ3n) is 4.54. The largest absolute Gasteiger partial charge is 0.493 e. The van der Waals surface area contributed by atoms with Gasteiger partial charge >= 0.3 is 18.2 Å². The van der Waals surface area contributed by atoms with Crippen molar-refractivity contribution in [2.75, 3.05) is 12.0 Å². The Hall–Kier alpha value is -4.15. The van der Waals surface area contributed by atoms with Crippen molar-refractivity contribution in [3.8, 4) is 11.5 Å². The van der Waals surface area contributed by atoms with Crippen molar-refractivity contribution in [1.82, 2.24) is 5.32 Å². The molecule has 0 aliphatic carbocycles. The third kappa shape index (κ3) is 5.03. The molecule has 172 valence electrons. The summed E-state index contributed by atoms with van der Waals surface area (Å²) in [6, 6.07) is 6.62. The number of ether oxygens (including phenoxy) is 2. The number of benzene rings is 2. The molecule has 0 saturated carbocycles. The molecule has 11 heteroatoms. The van der Waals surface area contributed by atoms with Crippen LogP contribution in [0.2, 0.25) is 0 Å². The van der Waals surface area contributed by atoms with Crippen LogP contribution in [0.15, 0.2) is 48.0 Å². The number of rotatable bonds is 5. The molecule has 4 amide bonds. The van der Waals surface area contributed by atoms with Crippen molar-refractivity contribution in [2.45, 2.75) is 19.5 Å². The van der Waals surface area contributed by atoms with E-state index >= 15 is 0 Å². The Balaban J connectivity index is 1.98. The zero-order valence-corrected chi connectivity index (χ0v) is 17.4. The first kappa shape index (κ1) is 23.5. The molecule has 0 unspecified atom stereocenters. The third-order valence-corrected chi connectivity index (χ3v) is 4.54. The summed E-state index contributed by atoms with van der Waals surface area (Å²) in [6.07, 6.45) is -3.43. The average Bonchev–Trinajstić information content (AvgIpc) is 2.76. The molecule has 0 aromatic heterocycles. The van der Waals surface area contributed by atoms with Gasteiger partial charge in [0.25, 0.3) is 11.8 Å². The predicted octanol–water partition coefficient (Wildman–Crippen LogP) is 3.70. The van der Waals surface area contributed by atoms with Crippen LogP contribution in [0.4, 0.5) is 23.7 Å². The number of nitrogens with zero attached hydrogens (tertiary/aromatic N) is 1. The summed E-state index contributed by atoms with van der Waals surface area (Å²) < 4.78 is 49.4. The fraction of sp³-hybridized carbons (Fsp3) is 0.182. The van der Waals surface area contributed by atoms with Crippen molar-refractivity contribution in [3.63, 3.8) is 0 Å². The van der Waals surface area contributed by atoms with E-state index < -0.39 is 41.1 Å². The smallest absolute Gasteiger partial charge is 0.416 e. The molecule has 1 heterocycles. The SMILES string of the molecule is CCC(=O)Oc1ccc(/C=C2/C(=O)NC(=O)N(c3cccc(C(F)(F)F)c3)C2=O)cc1OC. The lowest BCUT2D eigenvalue weighted by atomic mass is 10.1. The summed E-state index contributed by atoms with van der Waals surface area (Å²) >= 11 is 0. The van der Waals surface area contributed by atoms with Crippen molar-refractivity contribution >= 4 is 35.6 Å². The molecule has 0 bridgehead atoms. The van der Waals surface area contributed by atoms with Gasteiger partial charge in [0.1, 0.15) is 5.57 Å². The number of hydrogen-bond donors (Lipinski definition) is 1. The van der Waals surface area contributed by atoms with E-state index in [0.717, 1.165) is 24.3 Å². The number of barbiturate groups is 1. The number of carbonyl (C=O) groups excluding carboxylic acids is 4. The van der Waals surface area contributed by atoms with Crippen LogP contribution in [0.25, 0.3) is 6.08 Å². The molecule has 1 N–H and O–H groups in total. The van der Waals surface area contributed by atoms with Gasteiger partial charge in [-0.25, -0.2) is 9.69 Å². The van der Waals surface area contributed by atoms with Crippen molar-refractivity contribution in [1.29, 1.82) is 0 Å². The van der Waals surface area contributed by atoms with E-state index in [1.807, 2.05) is 5.32 Å². The Labute approximate surface area is 185 Å². The number of methoxy groups -OCH3 is 1. The second-order valence-electron chi connectivity index (χ2n) is 6.74. The number of esters is 1. The van der Waals surface area contributed by atoms with Crippen LogP contribution in [0.1, 0.15) is 24.5 Å². The molecule has 1 fully saturated rings. The maximum atomic E-state index is 13.0. The van der Waals surface area contributed by atoms with Gasteiger partial charge in [-0.1, -0.05) is 19.1 Å². The van der Waals surface area contributed by atoms with Crippen LogP contribution in [-0.4, -0.2) is 30.9 Å². The molecule has 2 aromatic rings. The van der Waals surface area contributed by atoms with Gasteiger partial charge in [-0.3, -0.25) is 19.7 Å². The predicted molar refractivity (Wildman–Crippen MR) is 109 cm³/mol. The highest BCUT2D eigenvalue weighted by atomic mass is 19.4. The quantitative estimate of drug-likeness (QED) is 0.315. The lowest BCUT2D eigenvalue weighted by Crippen LogP contribution is -2.54. The summed E-state index contributed by atoms with van der Waals surface area (Å²) in [5, 5.41) is 1.94. The highest BCUT2D eigenvalue weighted by molar-refractivity contribution is 6.39. The minimum Gasteiger partial charge on any atom is -0.493 e. The molecule has 1 aliphatic heterocycles. The molecule has 2 aromatic carbocycles. The summed E-state index contributed by atoms with van der Waals surface area (Å²) in [7, 11) is 1.32. The standard InChI is InChI=1S/C22H17F3N2O6/c1-3-18(28)33-16-8-7-12(10-17(16)32-2)9-15-19(29)26-21(31)27(20(15)30)14-6-4-5-13(11-14)22(23,24)25/h4-11H,3H2,1-2H3,(H,26,29,31)/b15-9-. The summed E-state index contributed by atoms with van der Waals surface area (Å²) in [6.45, 7) is 1.61. The van der Waals surface area contributed by atoms with Gasteiger partial charge in [-0.05, 0) is 42.0 Å². The van der Waals surface area contributed by atoms with E-state index in [9.17, 15) is 32.3 Å². The lowest BCUT2D eigenvalue weighted by Gasteiger charge is -2.27. The Morgan fingerprint density at radius 3 is 2.45 bits per heavy atom. The lowest BCUT2D eigenvalue weighted by molar-refractivity contribution is -0.137. The van der Waals surface area contributed by atoms with E-state index in [1.165, 1.54) is 25.3 Å². The molecule has 8 nitrogen and oxygen atoms in total. The van der Waals surface area contributed by atoms with Gasteiger partial charge in [0.15, 0.2) is 11.5 Å². The molecule has 3 rings (SSSR count). The minimum atomic E-state index is -4.70. The van der Waals surface area contributed by atoms with Crippen LogP contribution >= 0.6 is 0 Å². The van der Waals surface area contributed by atoms with Crippen molar-refractivity contribution < 1.29 is 41.8 Å². The molecule has 1 aliphatic rings. The van der Waals surface area contributed by atoms with Gasteiger partial charge < -0.3 is 9.47 Å². The zero-order chi connectivity index (χ0) is 24.3. The molecule has 0 radical (unpaired) electrons. The van der Waals surface area contributed by atoms with Crippen LogP contribution in [-0.2, 0) is 20.6 Å². The molecular formula is C22H17F3N2O6. The van der Waals surface area contributed by atoms with Gasteiger partial charge in [-0.2, -0.15) is 13.2 Å². The Morgan fingerprint density at radius 1 is 1.09 bits per heavy atom. The normalized spacial score (nSPS) is 15.5. The number of carbonyl (C=O) groups is 4. The molecule has 0 spiro atoms. The highest BCUT2D eigenvalue weighted by Crippen LogP contribution is 2.33. The van der Waals surface area contributed by atoms with Crippen LogP contribution < -0.4 is 19.7 Å². The molecule has 0 atom stereocenters. The Morgan fingerprint density at radius 2 is 1.82 bits per heavy atom. The number of halogens is 3. The van der Waals surface area contributed by atoms with Gasteiger partial charge in [-0.15, -0.1) is 0 Å². The van der Waals surface area contributed by atoms with E-state index in [1.54, 1.807) is 6.92 Å². The second kappa shape index (κ2) is 9.15. The molecule has 1 saturated heterocycles. The van der Waals surface area contributed by atoms with Crippen molar-refractivity contribution in [2.24, 2.45) is 0 Å². The number of nitrogens with one attached hydrogen (secondary N) is 1. The fourth-order valence-corrected chi connectivity index (χ4v) is 2.93. The first-order valence-electron chi connectivity index (χ1n) is 9.52. The van der Waals surface area contributed by atoms with Crippen LogP contribution in [0, 0.1) is 0 Å². The van der Waals surface area contributed by atoms with E-state index in [2.05, 4.69) is 0 Å². The maximum Gasteiger partial charge on any atom is 0.416 e. The maximum absolute atomic E-state index is 13.0. The van der Waals surface area contributed by atoms with E-state index in [4.69, 9.17) is 9.47 Å². The minimum absolute atomic E-state index is 0.117. The molecule has 33 heavy (non-hydrogen) atoms. The Kier molecular flexibility index (Phi) is 6.52. The zero-order valence-electron chi connectivity index (χ0n) is 17.4. The van der Waals surface area contributed by atoms with Crippen LogP contribution in [0.5, 0.6) is 11.5 Å². The second-order valence-corrected chi connectivity index (χ2v) is 6.74. The topological polar surface area (TPSA) is 102 Å². The van der Waals surface area contributed by atoms with Gasteiger partial charge in [0.05, 0.1) is 18.4 Å². The number of hydrogen-bond acceptors (Lipinski definition) is 6. The average molecular weight is 462 g/mol. The number of imide groups is 2. The van der Waals surface area contributed by atoms with E-state index in [-0.39, 0.29) is 29.2 Å². The number of amides is 4. The number of anilines is 1. The summed E-state index contributed by atoms with van der Waals surface area (Å²) in [5.41, 5.74) is -1.64. The first-order chi connectivity index (χ1) is 15.5. The fourth-order valence-electron chi connectivity index (χ4n) is 2.93.